The monoisotopic (exact) mass is 268 g/mol. The smallest absolute Gasteiger partial charge is 0.156 e. The van der Waals surface area contributed by atoms with Crippen LogP contribution in [0.4, 0.5) is 0 Å². The zero-order valence-corrected chi connectivity index (χ0v) is 12.4. The Balaban J connectivity index is 2.78. The average molecular weight is 268 g/mol. The number of carbonyl (C=O) groups is 1. The van der Waals surface area contributed by atoms with Gasteiger partial charge in [-0.1, -0.05) is 26.0 Å². The van der Waals surface area contributed by atoms with Crippen molar-refractivity contribution in [3.63, 3.8) is 0 Å². The van der Waals surface area contributed by atoms with E-state index in [1.165, 1.54) is 5.57 Å². The van der Waals surface area contributed by atoms with Crippen molar-refractivity contribution >= 4 is 30.2 Å². The molecule has 0 bridgehead atoms. The second-order valence-corrected chi connectivity index (χ2v) is 5.74. The molecule has 1 aliphatic heterocycles. The van der Waals surface area contributed by atoms with E-state index in [0.29, 0.717) is 5.92 Å². The maximum absolute atomic E-state index is 11.6. The molecule has 1 atom stereocenters. The van der Waals surface area contributed by atoms with Crippen LogP contribution in [0.15, 0.2) is 33.6 Å². The van der Waals surface area contributed by atoms with Crippen LogP contribution < -0.4 is 0 Å². The Bertz CT molecular complexity index is 378. The molecule has 94 valence electrons. The van der Waals surface area contributed by atoms with Gasteiger partial charge in [0.25, 0.3) is 0 Å². The fourth-order valence-corrected chi connectivity index (χ4v) is 2.86. The molecule has 0 radical (unpaired) electrons. The molecule has 0 spiro atoms. The van der Waals surface area contributed by atoms with Gasteiger partial charge < -0.3 is 0 Å². The van der Waals surface area contributed by atoms with Crippen molar-refractivity contribution in [2.24, 2.45) is 5.92 Å². The van der Waals surface area contributed by atoms with Crippen LogP contribution in [-0.4, -0.2) is 11.5 Å². The SMILES string of the molecule is CC/C(S)=C(\C[C@H](C)C1=CSCC=C1)C(C)=O. The third-order valence-electron chi connectivity index (χ3n) is 2.91. The average Bonchev–Trinajstić information content (AvgIpc) is 2.35. The van der Waals surface area contributed by atoms with Gasteiger partial charge >= 0.3 is 0 Å². The number of Topliss-reactive ketones (excluding diaryl/α,β-unsaturated/α-hetero) is 1. The molecule has 1 nitrogen and oxygen atoms in total. The first kappa shape index (κ1) is 14.7. The van der Waals surface area contributed by atoms with Gasteiger partial charge in [-0.2, -0.15) is 0 Å². The summed E-state index contributed by atoms with van der Waals surface area (Å²) in [5.41, 5.74) is 2.20. The standard InChI is InChI=1S/C14H20OS2/c1-4-14(16)13(11(3)15)8-10(2)12-6-5-7-17-9-12/h5-6,9-10,16H,4,7-8H2,1-3H3/b14-13-/t10-/m0/s1. The maximum atomic E-state index is 11.6. The Morgan fingerprint density at radius 3 is 2.76 bits per heavy atom. The molecule has 0 fully saturated rings. The van der Waals surface area contributed by atoms with Crippen LogP contribution in [0.25, 0.3) is 0 Å². The molecular weight excluding hydrogens is 248 g/mol. The fraction of sp³-hybridized carbons (Fsp3) is 0.500. The van der Waals surface area contributed by atoms with Crippen molar-refractivity contribution in [1.29, 1.82) is 0 Å². The van der Waals surface area contributed by atoms with E-state index in [1.54, 1.807) is 6.92 Å². The van der Waals surface area contributed by atoms with E-state index < -0.39 is 0 Å². The molecule has 0 N–H and O–H groups in total. The van der Waals surface area contributed by atoms with E-state index in [-0.39, 0.29) is 5.78 Å². The Labute approximate surface area is 114 Å². The van der Waals surface area contributed by atoms with E-state index in [4.69, 9.17) is 0 Å². The van der Waals surface area contributed by atoms with Gasteiger partial charge in [-0.05, 0) is 41.6 Å². The van der Waals surface area contributed by atoms with Gasteiger partial charge in [0, 0.05) is 11.3 Å². The fourth-order valence-electron chi connectivity index (χ4n) is 1.81. The predicted octanol–water partition coefficient (Wildman–Crippen LogP) is 4.38. The highest BCUT2D eigenvalue weighted by atomic mass is 32.2. The molecule has 0 aromatic rings. The molecule has 1 aliphatic rings. The third kappa shape index (κ3) is 4.40. The van der Waals surface area contributed by atoms with Crippen LogP contribution in [0.5, 0.6) is 0 Å². The third-order valence-corrected chi connectivity index (χ3v) is 4.32. The van der Waals surface area contributed by atoms with Gasteiger partial charge in [0.1, 0.15) is 0 Å². The predicted molar refractivity (Wildman–Crippen MR) is 80.4 cm³/mol. The molecule has 0 aromatic heterocycles. The number of ketones is 1. The first-order chi connectivity index (χ1) is 8.06. The van der Waals surface area contributed by atoms with Crippen LogP contribution in [0, 0.1) is 5.92 Å². The maximum Gasteiger partial charge on any atom is 0.156 e. The second kappa shape index (κ2) is 7.12. The number of carbonyl (C=O) groups excluding carboxylic acids is 1. The van der Waals surface area contributed by atoms with Crippen LogP contribution in [-0.2, 0) is 4.79 Å². The lowest BCUT2D eigenvalue weighted by Crippen LogP contribution is -2.07. The molecule has 3 heteroatoms. The first-order valence-corrected chi connectivity index (χ1v) is 7.46. The minimum absolute atomic E-state index is 0.150. The van der Waals surface area contributed by atoms with E-state index in [2.05, 4.69) is 37.1 Å². The summed E-state index contributed by atoms with van der Waals surface area (Å²) in [6, 6.07) is 0. The number of allylic oxidation sites excluding steroid dienone is 4. The van der Waals surface area contributed by atoms with Crippen molar-refractivity contribution in [3.8, 4) is 0 Å². The largest absolute Gasteiger partial charge is 0.295 e. The molecule has 0 unspecified atom stereocenters. The quantitative estimate of drug-likeness (QED) is 0.588. The minimum atomic E-state index is 0.150. The lowest BCUT2D eigenvalue weighted by Gasteiger charge is -2.17. The number of thioether (sulfide) groups is 1. The van der Waals surface area contributed by atoms with Gasteiger partial charge in [-0.25, -0.2) is 0 Å². The zero-order chi connectivity index (χ0) is 12.8. The summed E-state index contributed by atoms with van der Waals surface area (Å²) in [5.74, 6) is 1.58. The Hall–Kier alpha value is -0.410. The van der Waals surface area contributed by atoms with Crippen molar-refractivity contribution < 1.29 is 4.79 Å². The zero-order valence-electron chi connectivity index (χ0n) is 10.7. The number of hydrogen-bond donors (Lipinski definition) is 1. The van der Waals surface area contributed by atoms with E-state index >= 15 is 0 Å². The van der Waals surface area contributed by atoms with Gasteiger partial charge in [0.2, 0.25) is 0 Å². The molecule has 0 aromatic carbocycles. The van der Waals surface area contributed by atoms with Crippen LogP contribution in [0.1, 0.15) is 33.6 Å². The van der Waals surface area contributed by atoms with E-state index in [1.807, 2.05) is 18.7 Å². The summed E-state index contributed by atoms with van der Waals surface area (Å²) in [4.78, 5) is 12.5. The number of hydrogen-bond acceptors (Lipinski definition) is 3. The molecule has 1 heterocycles. The number of rotatable bonds is 5. The Morgan fingerprint density at radius 1 is 1.59 bits per heavy atom. The first-order valence-electron chi connectivity index (χ1n) is 5.96. The van der Waals surface area contributed by atoms with E-state index in [9.17, 15) is 4.79 Å². The highest BCUT2D eigenvalue weighted by molar-refractivity contribution is 8.02. The summed E-state index contributed by atoms with van der Waals surface area (Å²) < 4.78 is 0. The lowest BCUT2D eigenvalue weighted by atomic mass is 9.92. The van der Waals surface area contributed by atoms with Crippen LogP contribution in [0.2, 0.25) is 0 Å². The Kier molecular flexibility index (Phi) is 6.14. The summed E-state index contributed by atoms with van der Waals surface area (Å²) in [5, 5.41) is 2.20. The molecule has 17 heavy (non-hydrogen) atoms. The summed E-state index contributed by atoms with van der Waals surface area (Å²) >= 11 is 6.23. The van der Waals surface area contributed by atoms with Crippen molar-refractivity contribution in [2.45, 2.75) is 33.6 Å². The topological polar surface area (TPSA) is 17.1 Å². The van der Waals surface area contributed by atoms with Gasteiger partial charge in [0.05, 0.1) is 0 Å². The second-order valence-electron chi connectivity index (χ2n) is 4.29. The molecule has 1 rings (SSSR count). The molecular formula is C14H20OS2. The highest BCUT2D eigenvalue weighted by Crippen LogP contribution is 2.29. The van der Waals surface area contributed by atoms with E-state index in [0.717, 1.165) is 29.1 Å². The number of thiol groups is 1. The van der Waals surface area contributed by atoms with Gasteiger partial charge in [-0.15, -0.1) is 24.4 Å². The molecule has 0 saturated carbocycles. The molecule has 0 saturated heterocycles. The van der Waals surface area contributed by atoms with Gasteiger partial charge in [0.15, 0.2) is 5.78 Å². The van der Waals surface area contributed by atoms with Gasteiger partial charge in [-0.3, -0.25) is 4.79 Å². The highest BCUT2D eigenvalue weighted by Gasteiger charge is 2.15. The molecule has 0 aliphatic carbocycles. The molecule has 0 amide bonds. The lowest BCUT2D eigenvalue weighted by molar-refractivity contribution is -0.113. The summed E-state index contributed by atoms with van der Waals surface area (Å²) in [6.45, 7) is 5.83. The van der Waals surface area contributed by atoms with Crippen molar-refractivity contribution in [3.05, 3.63) is 33.6 Å². The minimum Gasteiger partial charge on any atom is -0.295 e. The van der Waals surface area contributed by atoms with Crippen LogP contribution in [0.3, 0.4) is 0 Å². The van der Waals surface area contributed by atoms with Crippen molar-refractivity contribution in [1.82, 2.24) is 0 Å². The summed E-state index contributed by atoms with van der Waals surface area (Å²) in [6.07, 6.45) is 5.96. The normalized spacial score (nSPS) is 18.5. The van der Waals surface area contributed by atoms with Crippen molar-refractivity contribution in [2.75, 3.05) is 5.75 Å². The Morgan fingerprint density at radius 2 is 2.29 bits per heavy atom. The summed E-state index contributed by atoms with van der Waals surface area (Å²) in [7, 11) is 0. The van der Waals surface area contributed by atoms with Crippen LogP contribution >= 0.6 is 24.4 Å².